The molecule has 0 radical (unpaired) electrons. The van der Waals surface area contributed by atoms with Crippen molar-refractivity contribution >= 4 is 17.4 Å². The van der Waals surface area contributed by atoms with Crippen molar-refractivity contribution in [3.05, 3.63) is 48.0 Å². The van der Waals surface area contributed by atoms with Crippen LogP contribution in [0, 0.1) is 0 Å². The highest BCUT2D eigenvalue weighted by Gasteiger charge is 2.39. The molecule has 0 saturated carbocycles. The van der Waals surface area contributed by atoms with Gasteiger partial charge in [-0.15, -0.1) is 18.2 Å². The molecule has 78 valence electrons. The van der Waals surface area contributed by atoms with Gasteiger partial charge in [-0.2, -0.15) is 0 Å². The van der Waals surface area contributed by atoms with Crippen LogP contribution in [-0.2, 0) is 6.42 Å². The SMILES string of the molecule is C=CC[C@]1(Cl)CCc2ccccc2C1=O. The molecule has 0 fully saturated rings. The summed E-state index contributed by atoms with van der Waals surface area (Å²) in [7, 11) is 0. The molecule has 0 spiro atoms. The molecular weight excluding hydrogens is 208 g/mol. The molecule has 0 unspecified atom stereocenters. The molecule has 1 aromatic carbocycles. The van der Waals surface area contributed by atoms with Gasteiger partial charge in [0.25, 0.3) is 0 Å². The summed E-state index contributed by atoms with van der Waals surface area (Å²) in [5, 5.41) is 0. The zero-order valence-corrected chi connectivity index (χ0v) is 9.26. The second kappa shape index (κ2) is 3.82. The number of alkyl halides is 1. The van der Waals surface area contributed by atoms with E-state index in [1.54, 1.807) is 6.08 Å². The summed E-state index contributed by atoms with van der Waals surface area (Å²) in [5.74, 6) is 0.0471. The number of carbonyl (C=O) groups is 1. The summed E-state index contributed by atoms with van der Waals surface area (Å²) in [6, 6.07) is 7.70. The lowest BCUT2D eigenvalue weighted by Gasteiger charge is -2.30. The van der Waals surface area contributed by atoms with Gasteiger partial charge in [-0.05, 0) is 24.8 Å². The van der Waals surface area contributed by atoms with Gasteiger partial charge in [0.1, 0.15) is 4.87 Å². The smallest absolute Gasteiger partial charge is 0.184 e. The number of hydrogen-bond acceptors (Lipinski definition) is 1. The average Bonchev–Trinajstić information content (AvgIpc) is 2.25. The first-order valence-corrected chi connectivity index (χ1v) is 5.48. The normalized spacial score (nSPS) is 24.7. The fourth-order valence-corrected chi connectivity index (χ4v) is 2.38. The van der Waals surface area contributed by atoms with E-state index in [0.29, 0.717) is 12.8 Å². The van der Waals surface area contributed by atoms with Gasteiger partial charge in [0.15, 0.2) is 5.78 Å². The molecule has 0 amide bonds. The minimum atomic E-state index is -0.754. The van der Waals surface area contributed by atoms with E-state index in [2.05, 4.69) is 6.58 Å². The van der Waals surface area contributed by atoms with E-state index in [-0.39, 0.29) is 5.78 Å². The van der Waals surface area contributed by atoms with Crippen LogP contribution in [0.25, 0.3) is 0 Å². The standard InChI is InChI=1S/C13H13ClO/c1-2-8-13(14)9-7-10-5-3-4-6-11(10)12(13)15/h2-6H,1,7-9H2/t13-/m0/s1. The Balaban J connectivity index is 2.41. The Morgan fingerprint density at radius 2 is 2.20 bits per heavy atom. The van der Waals surface area contributed by atoms with Crippen molar-refractivity contribution in [1.29, 1.82) is 0 Å². The molecule has 1 aromatic rings. The molecule has 1 aliphatic rings. The van der Waals surface area contributed by atoms with Gasteiger partial charge in [-0.1, -0.05) is 30.3 Å². The number of rotatable bonds is 2. The van der Waals surface area contributed by atoms with Crippen molar-refractivity contribution in [2.45, 2.75) is 24.1 Å². The van der Waals surface area contributed by atoms with Gasteiger partial charge < -0.3 is 0 Å². The second-order valence-corrected chi connectivity index (χ2v) is 4.67. The van der Waals surface area contributed by atoms with Gasteiger partial charge in [-0.3, -0.25) is 4.79 Å². The fourth-order valence-electron chi connectivity index (χ4n) is 2.07. The third-order valence-electron chi connectivity index (χ3n) is 2.93. The summed E-state index contributed by atoms with van der Waals surface area (Å²) < 4.78 is 0. The lowest BCUT2D eigenvalue weighted by atomic mass is 9.80. The molecule has 2 heteroatoms. The number of hydrogen-bond donors (Lipinski definition) is 0. The van der Waals surface area contributed by atoms with Crippen LogP contribution in [0.1, 0.15) is 28.8 Å². The second-order valence-electron chi connectivity index (χ2n) is 3.94. The van der Waals surface area contributed by atoms with E-state index < -0.39 is 4.87 Å². The van der Waals surface area contributed by atoms with Crippen LogP contribution in [0.15, 0.2) is 36.9 Å². The number of aryl methyl sites for hydroxylation is 1. The summed E-state index contributed by atoms with van der Waals surface area (Å²) in [6.07, 6.45) is 3.84. The van der Waals surface area contributed by atoms with Crippen molar-refractivity contribution in [3.63, 3.8) is 0 Å². The van der Waals surface area contributed by atoms with Crippen molar-refractivity contribution in [3.8, 4) is 0 Å². The van der Waals surface area contributed by atoms with Crippen LogP contribution < -0.4 is 0 Å². The van der Waals surface area contributed by atoms with Crippen LogP contribution in [0.2, 0.25) is 0 Å². The monoisotopic (exact) mass is 220 g/mol. The summed E-state index contributed by atoms with van der Waals surface area (Å²) in [4.78, 5) is 11.4. The predicted molar refractivity (Wildman–Crippen MR) is 62.5 cm³/mol. The van der Waals surface area contributed by atoms with Crippen LogP contribution in [0.5, 0.6) is 0 Å². The van der Waals surface area contributed by atoms with Gasteiger partial charge >= 0.3 is 0 Å². The molecule has 0 aliphatic heterocycles. The minimum absolute atomic E-state index is 0.0471. The molecule has 0 bridgehead atoms. The third-order valence-corrected chi connectivity index (χ3v) is 3.44. The van der Waals surface area contributed by atoms with Gasteiger partial charge in [-0.25, -0.2) is 0 Å². The first-order chi connectivity index (χ1) is 7.17. The maximum absolute atomic E-state index is 12.1. The minimum Gasteiger partial charge on any atom is -0.292 e. The molecule has 15 heavy (non-hydrogen) atoms. The van der Waals surface area contributed by atoms with E-state index in [1.807, 2.05) is 24.3 Å². The Bertz CT molecular complexity index is 411. The first kappa shape index (κ1) is 10.4. The quantitative estimate of drug-likeness (QED) is 0.552. The third kappa shape index (κ3) is 1.72. The number of allylic oxidation sites excluding steroid dienone is 1. The van der Waals surface area contributed by atoms with Crippen molar-refractivity contribution in [2.75, 3.05) is 0 Å². The predicted octanol–water partition coefficient (Wildman–Crippen LogP) is 3.37. The Labute approximate surface area is 94.8 Å². The zero-order valence-electron chi connectivity index (χ0n) is 8.50. The lowest BCUT2D eigenvalue weighted by molar-refractivity contribution is 0.0923. The highest BCUT2D eigenvalue weighted by molar-refractivity contribution is 6.38. The van der Waals surface area contributed by atoms with E-state index in [0.717, 1.165) is 17.5 Å². The zero-order chi connectivity index (χ0) is 10.9. The summed E-state index contributed by atoms with van der Waals surface area (Å²) in [5.41, 5.74) is 1.89. The van der Waals surface area contributed by atoms with Crippen molar-refractivity contribution < 1.29 is 4.79 Å². The van der Waals surface area contributed by atoms with Gasteiger partial charge in [0.05, 0.1) is 0 Å². The van der Waals surface area contributed by atoms with E-state index in [9.17, 15) is 4.79 Å². The van der Waals surface area contributed by atoms with Crippen LogP contribution in [0.3, 0.4) is 0 Å². The molecule has 0 heterocycles. The van der Waals surface area contributed by atoms with Gasteiger partial charge in [0, 0.05) is 5.56 Å². The molecule has 2 rings (SSSR count). The Morgan fingerprint density at radius 1 is 1.47 bits per heavy atom. The largest absolute Gasteiger partial charge is 0.292 e. The Kier molecular flexibility index (Phi) is 2.66. The van der Waals surface area contributed by atoms with Crippen molar-refractivity contribution in [2.24, 2.45) is 0 Å². The highest BCUT2D eigenvalue weighted by Crippen LogP contribution is 2.36. The van der Waals surface area contributed by atoms with E-state index in [1.165, 1.54) is 0 Å². The molecule has 0 saturated heterocycles. The maximum atomic E-state index is 12.1. The topological polar surface area (TPSA) is 17.1 Å². The molecule has 1 nitrogen and oxygen atoms in total. The average molecular weight is 221 g/mol. The van der Waals surface area contributed by atoms with Crippen LogP contribution in [-0.4, -0.2) is 10.7 Å². The fraction of sp³-hybridized carbons (Fsp3) is 0.308. The number of fused-ring (bicyclic) bond motifs is 1. The van der Waals surface area contributed by atoms with Crippen LogP contribution in [0.4, 0.5) is 0 Å². The van der Waals surface area contributed by atoms with E-state index >= 15 is 0 Å². The number of carbonyl (C=O) groups excluding carboxylic acids is 1. The highest BCUT2D eigenvalue weighted by atomic mass is 35.5. The number of benzene rings is 1. The molecule has 1 aliphatic carbocycles. The maximum Gasteiger partial charge on any atom is 0.184 e. The Morgan fingerprint density at radius 3 is 2.93 bits per heavy atom. The number of ketones is 1. The molecule has 0 aromatic heterocycles. The molecular formula is C13H13ClO. The first-order valence-electron chi connectivity index (χ1n) is 5.10. The van der Waals surface area contributed by atoms with E-state index in [4.69, 9.17) is 11.6 Å². The number of halogens is 1. The lowest BCUT2D eigenvalue weighted by Crippen LogP contribution is -2.37. The van der Waals surface area contributed by atoms with Crippen LogP contribution >= 0.6 is 11.6 Å². The molecule has 0 N–H and O–H groups in total. The summed E-state index contributed by atoms with van der Waals surface area (Å²) >= 11 is 6.33. The molecule has 1 atom stereocenters. The summed E-state index contributed by atoms with van der Waals surface area (Å²) in [6.45, 7) is 3.65. The van der Waals surface area contributed by atoms with Gasteiger partial charge in [0.2, 0.25) is 0 Å². The van der Waals surface area contributed by atoms with Crippen molar-refractivity contribution in [1.82, 2.24) is 0 Å². The Hall–Kier alpha value is -1.08. The number of Topliss-reactive ketones (excluding diaryl/α,β-unsaturated/α-hetero) is 1.